The van der Waals surface area contributed by atoms with E-state index >= 15 is 0 Å². The molecule has 1 aromatic carbocycles. The van der Waals surface area contributed by atoms with E-state index in [0.29, 0.717) is 13.2 Å². The first-order chi connectivity index (χ1) is 10.8. The molecule has 130 valence electrons. The Labute approximate surface area is 139 Å². The minimum absolute atomic E-state index is 0.0533. The van der Waals surface area contributed by atoms with Crippen molar-refractivity contribution in [3.63, 3.8) is 0 Å². The van der Waals surface area contributed by atoms with Gasteiger partial charge in [0.1, 0.15) is 5.60 Å². The molecule has 0 radical (unpaired) electrons. The molecule has 0 spiro atoms. The summed E-state index contributed by atoms with van der Waals surface area (Å²) in [5, 5.41) is 6.27. The van der Waals surface area contributed by atoms with Gasteiger partial charge in [-0.3, -0.25) is 0 Å². The molecule has 0 aliphatic rings. The Kier molecular flexibility index (Phi) is 8.06. The number of hydrogen-bond donors (Lipinski definition) is 2. The lowest BCUT2D eigenvalue weighted by molar-refractivity contribution is 0.0502. The maximum absolute atomic E-state index is 11.8. The number of carbonyl (C=O) groups excluding carboxylic acids is 1. The van der Waals surface area contributed by atoms with E-state index in [2.05, 4.69) is 34.9 Å². The fourth-order valence-electron chi connectivity index (χ4n) is 2.08. The lowest BCUT2D eigenvalue weighted by atomic mass is 10.1. The van der Waals surface area contributed by atoms with E-state index in [1.54, 1.807) is 7.11 Å². The molecule has 0 saturated heterocycles. The van der Waals surface area contributed by atoms with Gasteiger partial charge in [-0.05, 0) is 38.3 Å². The van der Waals surface area contributed by atoms with E-state index in [9.17, 15) is 4.79 Å². The van der Waals surface area contributed by atoms with Crippen LogP contribution in [-0.2, 0) is 22.6 Å². The number of ether oxygens (including phenoxy) is 2. The Morgan fingerprint density at radius 2 is 1.78 bits per heavy atom. The van der Waals surface area contributed by atoms with Crippen molar-refractivity contribution in [3.05, 3.63) is 35.4 Å². The average Bonchev–Trinajstić information content (AvgIpc) is 2.46. The van der Waals surface area contributed by atoms with Gasteiger partial charge in [-0.25, -0.2) is 4.79 Å². The monoisotopic (exact) mass is 322 g/mol. The van der Waals surface area contributed by atoms with Crippen LogP contribution in [0.1, 0.15) is 45.2 Å². The van der Waals surface area contributed by atoms with E-state index in [4.69, 9.17) is 9.47 Å². The summed E-state index contributed by atoms with van der Waals surface area (Å²) < 4.78 is 10.4. The van der Waals surface area contributed by atoms with Gasteiger partial charge in [-0.1, -0.05) is 31.2 Å². The Bertz CT molecular complexity index is 466. The second-order valence-electron chi connectivity index (χ2n) is 6.63. The summed E-state index contributed by atoms with van der Waals surface area (Å²) in [6.45, 7) is 9.72. The highest BCUT2D eigenvalue weighted by molar-refractivity contribution is 5.68. The number of carbonyl (C=O) groups is 1. The van der Waals surface area contributed by atoms with Gasteiger partial charge >= 0.3 is 6.09 Å². The highest BCUT2D eigenvalue weighted by atomic mass is 16.6. The molecule has 1 rings (SSSR count). The first kappa shape index (κ1) is 19.5. The van der Waals surface area contributed by atoms with E-state index in [-0.39, 0.29) is 12.1 Å². The van der Waals surface area contributed by atoms with Crippen molar-refractivity contribution in [2.75, 3.05) is 13.7 Å². The molecule has 23 heavy (non-hydrogen) atoms. The summed E-state index contributed by atoms with van der Waals surface area (Å²) in [4.78, 5) is 11.8. The van der Waals surface area contributed by atoms with Gasteiger partial charge in [0, 0.05) is 26.2 Å². The van der Waals surface area contributed by atoms with Gasteiger partial charge in [0.15, 0.2) is 0 Å². The van der Waals surface area contributed by atoms with Crippen LogP contribution in [0.25, 0.3) is 0 Å². The fourth-order valence-corrected chi connectivity index (χ4v) is 2.08. The molecule has 0 saturated carbocycles. The fraction of sp³-hybridized carbons (Fsp3) is 0.611. The van der Waals surface area contributed by atoms with Crippen molar-refractivity contribution < 1.29 is 14.3 Å². The van der Waals surface area contributed by atoms with Crippen molar-refractivity contribution in [1.29, 1.82) is 0 Å². The molecule has 5 nitrogen and oxygen atoms in total. The standard InChI is InChI=1S/C18H30N2O3/c1-6-16(20-17(21)23-18(2,3)4)12-19-11-14-7-9-15(10-8-14)13-22-5/h7-10,16,19H,6,11-13H2,1-5H3,(H,20,21). The maximum Gasteiger partial charge on any atom is 0.407 e. The molecule has 0 heterocycles. The third kappa shape index (κ3) is 8.57. The zero-order valence-electron chi connectivity index (χ0n) is 14.9. The van der Waals surface area contributed by atoms with Crippen molar-refractivity contribution in [1.82, 2.24) is 10.6 Å². The van der Waals surface area contributed by atoms with E-state index in [0.717, 1.165) is 18.5 Å². The zero-order valence-corrected chi connectivity index (χ0v) is 14.9. The summed E-state index contributed by atoms with van der Waals surface area (Å²) >= 11 is 0. The summed E-state index contributed by atoms with van der Waals surface area (Å²) in [7, 11) is 1.69. The second-order valence-corrected chi connectivity index (χ2v) is 6.63. The van der Waals surface area contributed by atoms with Gasteiger partial charge in [0.25, 0.3) is 0 Å². The van der Waals surface area contributed by atoms with Gasteiger partial charge in [-0.2, -0.15) is 0 Å². The van der Waals surface area contributed by atoms with Crippen LogP contribution in [0.15, 0.2) is 24.3 Å². The molecular weight excluding hydrogens is 292 g/mol. The second kappa shape index (κ2) is 9.53. The van der Waals surface area contributed by atoms with Crippen LogP contribution in [0.4, 0.5) is 4.79 Å². The largest absolute Gasteiger partial charge is 0.444 e. The van der Waals surface area contributed by atoms with Crippen LogP contribution < -0.4 is 10.6 Å². The smallest absolute Gasteiger partial charge is 0.407 e. The summed E-state index contributed by atoms with van der Waals surface area (Å²) in [6, 6.07) is 8.36. The van der Waals surface area contributed by atoms with Gasteiger partial charge in [0.2, 0.25) is 0 Å². The number of nitrogens with one attached hydrogen (secondary N) is 2. The predicted octanol–water partition coefficient (Wildman–Crippen LogP) is 3.23. The third-order valence-corrected chi connectivity index (χ3v) is 3.27. The van der Waals surface area contributed by atoms with Crippen LogP contribution in [0.5, 0.6) is 0 Å². The minimum atomic E-state index is -0.472. The number of rotatable bonds is 8. The molecule has 0 aliphatic heterocycles. The Morgan fingerprint density at radius 3 is 2.30 bits per heavy atom. The van der Waals surface area contributed by atoms with Crippen LogP contribution in [0.3, 0.4) is 0 Å². The molecule has 1 atom stereocenters. The SMILES string of the molecule is CCC(CNCc1ccc(COC)cc1)NC(=O)OC(C)(C)C. The number of amides is 1. The molecule has 2 N–H and O–H groups in total. The molecule has 0 aliphatic carbocycles. The number of methoxy groups -OCH3 is 1. The predicted molar refractivity (Wildman–Crippen MR) is 92.3 cm³/mol. The topological polar surface area (TPSA) is 59.6 Å². The summed E-state index contributed by atoms with van der Waals surface area (Å²) in [5.41, 5.74) is 1.89. The third-order valence-electron chi connectivity index (χ3n) is 3.27. The normalized spacial score (nSPS) is 12.7. The molecule has 5 heteroatoms. The first-order valence-corrected chi connectivity index (χ1v) is 8.11. The molecule has 0 fully saturated rings. The van der Waals surface area contributed by atoms with Crippen molar-refractivity contribution in [2.24, 2.45) is 0 Å². The lowest BCUT2D eigenvalue weighted by Crippen LogP contribution is -2.43. The quantitative estimate of drug-likeness (QED) is 0.771. The minimum Gasteiger partial charge on any atom is -0.444 e. The lowest BCUT2D eigenvalue weighted by Gasteiger charge is -2.23. The first-order valence-electron chi connectivity index (χ1n) is 8.11. The van der Waals surface area contributed by atoms with Gasteiger partial charge in [-0.15, -0.1) is 0 Å². The summed E-state index contributed by atoms with van der Waals surface area (Å²) in [6.07, 6.45) is 0.481. The Morgan fingerprint density at radius 1 is 1.17 bits per heavy atom. The molecule has 1 amide bonds. The number of alkyl carbamates (subject to hydrolysis) is 1. The zero-order chi connectivity index (χ0) is 17.3. The Balaban J connectivity index is 2.35. The molecule has 0 bridgehead atoms. The number of hydrogen-bond acceptors (Lipinski definition) is 4. The highest BCUT2D eigenvalue weighted by Crippen LogP contribution is 2.07. The van der Waals surface area contributed by atoms with E-state index in [1.807, 2.05) is 27.7 Å². The van der Waals surface area contributed by atoms with Gasteiger partial charge in [0.05, 0.1) is 6.61 Å². The summed E-state index contributed by atoms with van der Waals surface area (Å²) in [5.74, 6) is 0. The number of benzene rings is 1. The van der Waals surface area contributed by atoms with Gasteiger partial charge < -0.3 is 20.1 Å². The van der Waals surface area contributed by atoms with E-state index < -0.39 is 5.60 Å². The van der Waals surface area contributed by atoms with Crippen molar-refractivity contribution in [3.8, 4) is 0 Å². The van der Waals surface area contributed by atoms with Crippen molar-refractivity contribution in [2.45, 2.75) is 58.9 Å². The van der Waals surface area contributed by atoms with Crippen molar-refractivity contribution >= 4 is 6.09 Å². The Hall–Kier alpha value is -1.59. The van der Waals surface area contributed by atoms with E-state index in [1.165, 1.54) is 5.56 Å². The molecule has 0 aromatic heterocycles. The van der Waals surface area contributed by atoms with Crippen LogP contribution in [0, 0.1) is 0 Å². The maximum atomic E-state index is 11.8. The molecule has 1 unspecified atom stereocenters. The molecule has 1 aromatic rings. The average molecular weight is 322 g/mol. The van der Waals surface area contributed by atoms with Crippen LogP contribution in [0.2, 0.25) is 0 Å². The van der Waals surface area contributed by atoms with Crippen LogP contribution in [-0.4, -0.2) is 31.4 Å². The molecular formula is C18H30N2O3. The van der Waals surface area contributed by atoms with Crippen LogP contribution >= 0.6 is 0 Å². The highest BCUT2D eigenvalue weighted by Gasteiger charge is 2.18.